The van der Waals surface area contributed by atoms with Gasteiger partial charge in [0, 0.05) is 5.69 Å². The highest BCUT2D eigenvalue weighted by atomic mass is 19.1. The van der Waals surface area contributed by atoms with Crippen LogP contribution in [-0.4, -0.2) is 5.11 Å². The van der Waals surface area contributed by atoms with E-state index in [2.05, 4.69) is 5.32 Å². The first kappa shape index (κ1) is 12.0. The molecule has 2 nitrogen and oxygen atoms in total. The molecule has 98 valence electrons. The molecular formula is C16H16FNO. The van der Waals surface area contributed by atoms with Crippen molar-refractivity contribution in [1.29, 1.82) is 0 Å². The fraction of sp³-hybridized carbons (Fsp3) is 0.250. The van der Waals surface area contributed by atoms with Crippen LogP contribution in [-0.2, 0) is 6.42 Å². The van der Waals surface area contributed by atoms with Gasteiger partial charge < -0.3 is 10.4 Å². The quantitative estimate of drug-likeness (QED) is 0.854. The molecule has 0 radical (unpaired) electrons. The molecule has 0 aromatic heterocycles. The Balaban J connectivity index is 1.86. The number of aromatic hydroxyl groups is 1. The van der Waals surface area contributed by atoms with Crippen LogP contribution in [0.25, 0.3) is 0 Å². The zero-order chi connectivity index (χ0) is 13.4. The first-order valence-electron chi connectivity index (χ1n) is 6.47. The maximum atomic E-state index is 13.4. The smallest absolute Gasteiger partial charge is 0.125 e. The summed E-state index contributed by atoms with van der Waals surface area (Å²) in [5.41, 5.74) is 4.08. The monoisotopic (exact) mass is 257 g/mol. The van der Waals surface area contributed by atoms with E-state index in [1.165, 1.54) is 23.3 Å². The van der Waals surface area contributed by atoms with E-state index in [-0.39, 0.29) is 11.9 Å². The summed E-state index contributed by atoms with van der Waals surface area (Å²) in [5.74, 6) is 0.0902. The van der Waals surface area contributed by atoms with E-state index in [0.29, 0.717) is 5.75 Å². The van der Waals surface area contributed by atoms with Gasteiger partial charge in [-0.05, 0) is 66.8 Å². The highest BCUT2D eigenvalue weighted by molar-refractivity contribution is 5.51. The van der Waals surface area contributed by atoms with Gasteiger partial charge in [-0.25, -0.2) is 4.39 Å². The number of fused-ring (bicyclic) bond motifs is 1. The van der Waals surface area contributed by atoms with Crippen LogP contribution in [0, 0.1) is 12.7 Å². The van der Waals surface area contributed by atoms with Gasteiger partial charge in [-0.15, -0.1) is 0 Å². The Kier molecular flexibility index (Phi) is 2.90. The topological polar surface area (TPSA) is 32.3 Å². The molecule has 0 bridgehead atoms. The van der Waals surface area contributed by atoms with Gasteiger partial charge in [-0.2, -0.15) is 0 Å². The molecule has 0 amide bonds. The van der Waals surface area contributed by atoms with Gasteiger partial charge in [0.1, 0.15) is 11.6 Å². The molecule has 2 N–H and O–H groups in total. The second-order valence-electron chi connectivity index (χ2n) is 5.14. The summed E-state index contributed by atoms with van der Waals surface area (Å²) >= 11 is 0. The number of nitrogens with one attached hydrogen (secondary N) is 1. The van der Waals surface area contributed by atoms with Gasteiger partial charge in [-0.1, -0.05) is 6.07 Å². The minimum absolute atomic E-state index is 0.191. The van der Waals surface area contributed by atoms with Crippen LogP contribution in [0.15, 0.2) is 36.4 Å². The van der Waals surface area contributed by atoms with Crippen LogP contribution >= 0.6 is 0 Å². The molecule has 1 aliphatic carbocycles. The van der Waals surface area contributed by atoms with Crippen molar-refractivity contribution in [3.8, 4) is 5.75 Å². The van der Waals surface area contributed by atoms with Gasteiger partial charge in [0.05, 0.1) is 6.04 Å². The largest absolute Gasteiger partial charge is 0.508 e. The number of phenols is 1. The Bertz CT molecular complexity index is 604. The Morgan fingerprint density at radius 2 is 2.05 bits per heavy atom. The van der Waals surface area contributed by atoms with E-state index in [4.69, 9.17) is 0 Å². The van der Waals surface area contributed by atoms with Gasteiger partial charge in [0.2, 0.25) is 0 Å². The normalized spacial score (nSPS) is 17.3. The van der Waals surface area contributed by atoms with Crippen molar-refractivity contribution in [3.63, 3.8) is 0 Å². The van der Waals surface area contributed by atoms with Crippen molar-refractivity contribution in [1.82, 2.24) is 0 Å². The van der Waals surface area contributed by atoms with Crippen molar-refractivity contribution >= 4 is 5.69 Å². The predicted octanol–water partition coefficient (Wildman–Crippen LogP) is 3.94. The van der Waals surface area contributed by atoms with E-state index in [9.17, 15) is 9.50 Å². The Morgan fingerprint density at radius 3 is 2.84 bits per heavy atom. The van der Waals surface area contributed by atoms with Crippen LogP contribution < -0.4 is 5.32 Å². The summed E-state index contributed by atoms with van der Waals surface area (Å²) in [6, 6.07) is 10.6. The summed E-state index contributed by atoms with van der Waals surface area (Å²) in [6.45, 7) is 1.88. The Morgan fingerprint density at radius 1 is 1.21 bits per heavy atom. The highest BCUT2D eigenvalue weighted by Gasteiger charge is 2.22. The van der Waals surface area contributed by atoms with Gasteiger partial charge in [-0.3, -0.25) is 0 Å². The number of hydrogen-bond acceptors (Lipinski definition) is 2. The summed E-state index contributed by atoms with van der Waals surface area (Å²) in [4.78, 5) is 0. The predicted molar refractivity (Wildman–Crippen MR) is 73.9 cm³/mol. The summed E-state index contributed by atoms with van der Waals surface area (Å²) in [6.07, 6.45) is 1.91. The maximum Gasteiger partial charge on any atom is 0.125 e. The summed E-state index contributed by atoms with van der Waals surface area (Å²) in [5, 5.41) is 12.9. The first-order chi connectivity index (χ1) is 9.11. The number of halogens is 1. The molecule has 0 spiro atoms. The fourth-order valence-corrected chi connectivity index (χ4v) is 2.77. The number of anilines is 1. The van der Waals surface area contributed by atoms with Gasteiger partial charge in [0.25, 0.3) is 0 Å². The van der Waals surface area contributed by atoms with E-state index in [1.54, 1.807) is 6.07 Å². The third kappa shape index (κ3) is 2.41. The number of aryl methyl sites for hydroxylation is 2. The lowest BCUT2D eigenvalue weighted by atomic mass is 10.1. The molecule has 1 unspecified atom stereocenters. The first-order valence-corrected chi connectivity index (χ1v) is 6.47. The molecule has 0 saturated carbocycles. The lowest BCUT2D eigenvalue weighted by Crippen LogP contribution is -2.07. The standard InChI is InChI=1S/C16H16FNO/c1-10-6-12(17)9-13(7-10)18-16-5-2-11-8-14(19)3-4-15(11)16/h3-4,6-9,16,18-19H,2,5H2,1H3. The van der Waals surface area contributed by atoms with Gasteiger partial charge >= 0.3 is 0 Å². The zero-order valence-electron chi connectivity index (χ0n) is 10.8. The average molecular weight is 257 g/mol. The molecule has 19 heavy (non-hydrogen) atoms. The second-order valence-corrected chi connectivity index (χ2v) is 5.14. The molecule has 1 atom stereocenters. The van der Waals surface area contributed by atoms with Crippen LogP contribution in [0.1, 0.15) is 29.2 Å². The van der Waals surface area contributed by atoms with Crippen molar-refractivity contribution < 1.29 is 9.50 Å². The number of benzene rings is 2. The Labute approximate surface area is 111 Å². The lowest BCUT2D eigenvalue weighted by molar-refractivity contribution is 0.474. The number of phenolic OH excluding ortho intramolecular Hbond substituents is 1. The molecule has 2 aromatic carbocycles. The Hall–Kier alpha value is -2.03. The molecule has 2 aromatic rings. The van der Waals surface area contributed by atoms with Crippen molar-refractivity contribution in [2.75, 3.05) is 5.32 Å². The van der Waals surface area contributed by atoms with Crippen LogP contribution in [0.4, 0.5) is 10.1 Å². The summed E-state index contributed by atoms with van der Waals surface area (Å²) < 4.78 is 13.4. The van der Waals surface area contributed by atoms with Crippen LogP contribution in [0.2, 0.25) is 0 Å². The number of rotatable bonds is 2. The van der Waals surface area contributed by atoms with Crippen molar-refractivity contribution in [2.45, 2.75) is 25.8 Å². The SMILES string of the molecule is Cc1cc(F)cc(NC2CCc3cc(O)ccc32)c1. The third-order valence-corrected chi connectivity index (χ3v) is 3.59. The highest BCUT2D eigenvalue weighted by Crippen LogP contribution is 2.35. The van der Waals surface area contributed by atoms with Crippen LogP contribution in [0.3, 0.4) is 0 Å². The van der Waals surface area contributed by atoms with E-state index < -0.39 is 0 Å². The molecule has 3 heteroatoms. The molecule has 0 aliphatic heterocycles. The molecular weight excluding hydrogens is 241 g/mol. The van der Waals surface area contributed by atoms with Crippen LogP contribution in [0.5, 0.6) is 5.75 Å². The molecule has 0 heterocycles. The minimum Gasteiger partial charge on any atom is -0.508 e. The molecule has 3 rings (SSSR count). The van der Waals surface area contributed by atoms with Crippen molar-refractivity contribution in [3.05, 3.63) is 58.9 Å². The van der Waals surface area contributed by atoms with E-state index in [1.807, 2.05) is 25.1 Å². The third-order valence-electron chi connectivity index (χ3n) is 3.59. The molecule has 0 saturated heterocycles. The fourth-order valence-electron chi connectivity index (χ4n) is 2.77. The number of hydrogen-bond donors (Lipinski definition) is 2. The van der Waals surface area contributed by atoms with Gasteiger partial charge in [0.15, 0.2) is 0 Å². The molecule has 1 aliphatic rings. The van der Waals surface area contributed by atoms with Crippen molar-refractivity contribution in [2.24, 2.45) is 0 Å². The molecule has 0 fully saturated rings. The van der Waals surface area contributed by atoms with E-state index >= 15 is 0 Å². The second kappa shape index (κ2) is 4.57. The average Bonchev–Trinajstić information content (AvgIpc) is 2.70. The van der Waals surface area contributed by atoms with E-state index in [0.717, 1.165) is 24.1 Å². The maximum absolute atomic E-state index is 13.4. The zero-order valence-corrected chi connectivity index (χ0v) is 10.8. The lowest BCUT2D eigenvalue weighted by Gasteiger charge is -2.16. The summed E-state index contributed by atoms with van der Waals surface area (Å²) in [7, 11) is 0. The minimum atomic E-state index is -0.216.